The lowest BCUT2D eigenvalue weighted by Crippen LogP contribution is -2.48. The van der Waals surface area contributed by atoms with Crippen LogP contribution < -0.4 is 5.32 Å². The number of nitrogens with one attached hydrogen (secondary N) is 1. The van der Waals surface area contributed by atoms with Crippen LogP contribution in [-0.2, 0) is 4.74 Å². The van der Waals surface area contributed by atoms with Crippen molar-refractivity contribution in [2.45, 2.75) is 31.7 Å². The van der Waals surface area contributed by atoms with Gasteiger partial charge in [0.05, 0.1) is 6.61 Å². The Morgan fingerprint density at radius 3 is 2.79 bits per heavy atom. The molecule has 0 aliphatic heterocycles. The summed E-state index contributed by atoms with van der Waals surface area (Å²) in [7, 11) is 1.69. The minimum absolute atomic E-state index is 0.165. The van der Waals surface area contributed by atoms with Crippen LogP contribution >= 0.6 is 15.9 Å². The van der Waals surface area contributed by atoms with E-state index in [9.17, 15) is 0 Å². The zero-order chi connectivity index (χ0) is 14.3. The average Bonchev–Trinajstić information content (AvgIpc) is 2.37. The summed E-state index contributed by atoms with van der Waals surface area (Å²) in [4.78, 5) is 0. The van der Waals surface area contributed by atoms with Crippen molar-refractivity contribution in [2.75, 3.05) is 26.9 Å². The van der Waals surface area contributed by atoms with E-state index in [4.69, 9.17) is 9.84 Å². The predicted molar refractivity (Wildman–Crippen MR) is 82.5 cm³/mol. The van der Waals surface area contributed by atoms with E-state index in [0.717, 1.165) is 11.0 Å². The van der Waals surface area contributed by atoms with E-state index < -0.39 is 0 Å². The first-order chi connectivity index (χ1) is 9.00. The number of ether oxygens (including phenoxy) is 1. The molecular weight excluding hydrogens is 306 g/mol. The molecule has 0 aromatic heterocycles. The second-order valence-electron chi connectivity index (χ2n) is 5.30. The van der Waals surface area contributed by atoms with Gasteiger partial charge in [-0.25, -0.2) is 0 Å². The number of aliphatic hydroxyl groups excluding tert-OH is 1. The van der Waals surface area contributed by atoms with E-state index in [1.165, 1.54) is 5.56 Å². The first-order valence-corrected chi connectivity index (χ1v) is 7.40. The SMILES string of the molecule is COCC(C)(CCO)NCC(C)c1cccc(Br)c1. The normalized spacial score (nSPS) is 16.1. The molecule has 0 saturated carbocycles. The van der Waals surface area contributed by atoms with Crippen LogP contribution in [0.15, 0.2) is 28.7 Å². The molecule has 2 N–H and O–H groups in total. The third kappa shape index (κ3) is 5.61. The average molecular weight is 330 g/mol. The maximum absolute atomic E-state index is 9.15. The number of halogens is 1. The monoisotopic (exact) mass is 329 g/mol. The van der Waals surface area contributed by atoms with Crippen LogP contribution in [0, 0.1) is 0 Å². The molecule has 0 amide bonds. The minimum Gasteiger partial charge on any atom is -0.396 e. The molecule has 1 rings (SSSR count). The summed E-state index contributed by atoms with van der Waals surface area (Å²) in [5, 5.41) is 12.7. The number of methoxy groups -OCH3 is 1. The molecule has 0 fully saturated rings. The van der Waals surface area contributed by atoms with Gasteiger partial charge in [0.25, 0.3) is 0 Å². The predicted octanol–water partition coefficient (Wildman–Crippen LogP) is 2.93. The molecule has 4 heteroatoms. The van der Waals surface area contributed by atoms with Crippen LogP contribution in [0.2, 0.25) is 0 Å². The van der Waals surface area contributed by atoms with Crippen molar-refractivity contribution in [3.63, 3.8) is 0 Å². The van der Waals surface area contributed by atoms with Gasteiger partial charge in [-0.15, -0.1) is 0 Å². The molecule has 0 saturated heterocycles. The Bertz CT molecular complexity index is 378. The summed E-state index contributed by atoms with van der Waals surface area (Å²) in [6.07, 6.45) is 0.687. The quantitative estimate of drug-likeness (QED) is 0.770. The van der Waals surface area contributed by atoms with Gasteiger partial charge in [0.2, 0.25) is 0 Å². The number of hydrogen-bond acceptors (Lipinski definition) is 3. The lowest BCUT2D eigenvalue weighted by atomic mass is 9.96. The van der Waals surface area contributed by atoms with E-state index >= 15 is 0 Å². The Kier molecular flexibility index (Phi) is 7.00. The fourth-order valence-electron chi connectivity index (χ4n) is 2.11. The van der Waals surface area contributed by atoms with E-state index in [-0.39, 0.29) is 12.1 Å². The van der Waals surface area contributed by atoms with Crippen molar-refractivity contribution in [1.29, 1.82) is 0 Å². The summed E-state index contributed by atoms with van der Waals surface area (Å²) in [6.45, 7) is 5.90. The second-order valence-corrected chi connectivity index (χ2v) is 6.22. The van der Waals surface area contributed by atoms with Crippen molar-refractivity contribution < 1.29 is 9.84 Å². The summed E-state index contributed by atoms with van der Waals surface area (Å²) in [5.74, 6) is 0.410. The van der Waals surface area contributed by atoms with Crippen molar-refractivity contribution in [2.24, 2.45) is 0 Å². The fraction of sp³-hybridized carbons (Fsp3) is 0.600. The van der Waals surface area contributed by atoms with Crippen LogP contribution in [-0.4, -0.2) is 37.5 Å². The van der Waals surface area contributed by atoms with Gasteiger partial charge in [0.15, 0.2) is 0 Å². The first-order valence-electron chi connectivity index (χ1n) is 6.61. The lowest BCUT2D eigenvalue weighted by Gasteiger charge is -2.31. The molecule has 3 nitrogen and oxygen atoms in total. The van der Waals surface area contributed by atoms with Crippen LogP contribution in [0.25, 0.3) is 0 Å². The standard InChI is InChI=1S/C15H24BrNO2/c1-12(13-5-4-6-14(16)9-13)10-17-15(2,7-8-18)11-19-3/h4-6,9,12,17-18H,7-8,10-11H2,1-3H3. The molecule has 108 valence electrons. The first kappa shape index (κ1) is 16.6. The molecule has 0 aliphatic rings. The molecule has 0 radical (unpaired) electrons. The van der Waals surface area contributed by atoms with Crippen molar-refractivity contribution in [3.8, 4) is 0 Å². The van der Waals surface area contributed by atoms with Gasteiger partial charge >= 0.3 is 0 Å². The highest BCUT2D eigenvalue weighted by molar-refractivity contribution is 9.10. The molecule has 2 atom stereocenters. The molecule has 1 aromatic carbocycles. The summed E-state index contributed by atoms with van der Waals surface area (Å²) in [5.41, 5.74) is 1.12. The van der Waals surface area contributed by atoms with Gasteiger partial charge in [0, 0.05) is 30.3 Å². The van der Waals surface area contributed by atoms with Gasteiger partial charge in [-0.1, -0.05) is 35.0 Å². The Labute approximate surface area is 124 Å². The molecule has 0 bridgehead atoms. The zero-order valence-electron chi connectivity index (χ0n) is 11.9. The molecule has 2 unspecified atom stereocenters. The highest BCUT2D eigenvalue weighted by Gasteiger charge is 2.23. The Morgan fingerprint density at radius 2 is 2.21 bits per heavy atom. The maximum Gasteiger partial charge on any atom is 0.0642 e. The van der Waals surface area contributed by atoms with Crippen LogP contribution in [0.1, 0.15) is 31.7 Å². The van der Waals surface area contributed by atoms with Crippen LogP contribution in [0.3, 0.4) is 0 Å². The Balaban J connectivity index is 2.58. The summed E-state index contributed by atoms with van der Waals surface area (Å²) >= 11 is 3.50. The molecule has 0 heterocycles. The van der Waals surface area contributed by atoms with Gasteiger partial charge in [-0.3, -0.25) is 0 Å². The minimum atomic E-state index is -0.177. The van der Waals surface area contributed by atoms with Gasteiger partial charge in [-0.2, -0.15) is 0 Å². The molecule has 0 spiro atoms. The number of rotatable bonds is 8. The van der Waals surface area contributed by atoms with Crippen molar-refractivity contribution >= 4 is 15.9 Å². The molecular formula is C15H24BrNO2. The highest BCUT2D eigenvalue weighted by atomic mass is 79.9. The maximum atomic E-state index is 9.15. The third-order valence-electron chi connectivity index (χ3n) is 3.38. The highest BCUT2D eigenvalue weighted by Crippen LogP contribution is 2.20. The van der Waals surface area contributed by atoms with Crippen LogP contribution in [0.5, 0.6) is 0 Å². The Morgan fingerprint density at radius 1 is 1.47 bits per heavy atom. The fourth-order valence-corrected chi connectivity index (χ4v) is 2.52. The molecule has 1 aromatic rings. The van der Waals surface area contributed by atoms with Gasteiger partial charge < -0.3 is 15.2 Å². The lowest BCUT2D eigenvalue weighted by molar-refractivity contribution is 0.0973. The van der Waals surface area contributed by atoms with Crippen LogP contribution in [0.4, 0.5) is 0 Å². The number of benzene rings is 1. The topological polar surface area (TPSA) is 41.5 Å². The number of hydrogen-bond donors (Lipinski definition) is 2. The summed E-state index contributed by atoms with van der Waals surface area (Å²) < 4.78 is 6.34. The van der Waals surface area contributed by atoms with Gasteiger partial charge in [0.1, 0.15) is 0 Å². The molecule has 0 aliphatic carbocycles. The van der Waals surface area contributed by atoms with Gasteiger partial charge in [-0.05, 0) is 37.0 Å². The zero-order valence-corrected chi connectivity index (χ0v) is 13.5. The molecule has 19 heavy (non-hydrogen) atoms. The largest absolute Gasteiger partial charge is 0.396 e. The van der Waals surface area contributed by atoms with E-state index in [2.05, 4.69) is 53.3 Å². The summed E-state index contributed by atoms with van der Waals surface area (Å²) in [6, 6.07) is 8.37. The second kappa shape index (κ2) is 8.00. The Hall–Kier alpha value is -0.420. The smallest absolute Gasteiger partial charge is 0.0642 e. The number of aliphatic hydroxyl groups is 1. The van der Waals surface area contributed by atoms with E-state index in [0.29, 0.717) is 18.9 Å². The van der Waals surface area contributed by atoms with Crippen molar-refractivity contribution in [3.05, 3.63) is 34.3 Å². The van der Waals surface area contributed by atoms with Crippen molar-refractivity contribution in [1.82, 2.24) is 5.32 Å². The third-order valence-corrected chi connectivity index (χ3v) is 3.87. The van der Waals surface area contributed by atoms with E-state index in [1.54, 1.807) is 7.11 Å². The van der Waals surface area contributed by atoms with E-state index in [1.807, 2.05) is 6.07 Å².